The van der Waals surface area contributed by atoms with E-state index in [2.05, 4.69) is 5.32 Å². The van der Waals surface area contributed by atoms with Crippen molar-refractivity contribution in [1.29, 1.82) is 0 Å². The van der Waals surface area contributed by atoms with Gasteiger partial charge in [-0.05, 0) is 50.3 Å². The number of alkyl halides is 3. The summed E-state index contributed by atoms with van der Waals surface area (Å²) in [7, 11) is 0. The molecule has 1 heterocycles. The highest BCUT2D eigenvalue weighted by atomic mass is 19.4. The van der Waals surface area contributed by atoms with Crippen molar-refractivity contribution in [2.75, 3.05) is 19.6 Å². The number of halogens is 3. The minimum atomic E-state index is -4.70. The van der Waals surface area contributed by atoms with Crippen LogP contribution in [-0.4, -0.2) is 41.4 Å². The van der Waals surface area contributed by atoms with Gasteiger partial charge in [0, 0.05) is 25.2 Å². The third-order valence-electron chi connectivity index (χ3n) is 4.93. The van der Waals surface area contributed by atoms with Crippen molar-refractivity contribution in [3.8, 4) is 0 Å². The van der Waals surface area contributed by atoms with Crippen LogP contribution in [-0.2, 0) is 6.18 Å². The Labute approximate surface area is 148 Å². The number of hydrogen-bond donors (Lipinski definition) is 1. The van der Waals surface area contributed by atoms with E-state index in [0.717, 1.165) is 31.4 Å². The van der Waals surface area contributed by atoms with E-state index in [9.17, 15) is 28.1 Å². The van der Waals surface area contributed by atoms with E-state index in [1.54, 1.807) is 0 Å². The van der Waals surface area contributed by atoms with E-state index in [0.29, 0.717) is 31.3 Å². The topological polar surface area (TPSA) is 75.5 Å². The lowest BCUT2D eigenvalue weighted by atomic mass is 10.0. The smallest absolute Gasteiger partial charge is 0.338 e. The monoisotopic (exact) mass is 371 g/mol. The summed E-state index contributed by atoms with van der Waals surface area (Å²) in [6, 6.07) is 2.35. The molecule has 0 unspecified atom stereocenters. The van der Waals surface area contributed by atoms with Gasteiger partial charge in [-0.1, -0.05) is 0 Å². The quantitative estimate of drug-likeness (QED) is 0.637. The van der Waals surface area contributed by atoms with Crippen LogP contribution < -0.4 is 5.32 Å². The summed E-state index contributed by atoms with van der Waals surface area (Å²) in [4.78, 5) is 24.3. The van der Waals surface area contributed by atoms with Crippen molar-refractivity contribution in [3.05, 3.63) is 39.4 Å². The Hall–Kier alpha value is -2.16. The number of likely N-dealkylation sites (tertiary alicyclic amines) is 1. The summed E-state index contributed by atoms with van der Waals surface area (Å²) in [5.74, 6) is 0.163. The van der Waals surface area contributed by atoms with Gasteiger partial charge in [-0.15, -0.1) is 0 Å². The Bertz CT molecular complexity index is 696. The Morgan fingerprint density at radius 1 is 1.23 bits per heavy atom. The molecule has 142 valence electrons. The first kappa shape index (κ1) is 18.6. The van der Waals surface area contributed by atoms with Gasteiger partial charge in [0.2, 0.25) is 0 Å². The number of carbonyl (C=O) groups is 1. The first-order valence-corrected chi connectivity index (χ1v) is 8.64. The van der Waals surface area contributed by atoms with Crippen LogP contribution in [0.1, 0.15) is 41.6 Å². The predicted octanol–water partition coefficient (Wildman–Crippen LogP) is 3.22. The van der Waals surface area contributed by atoms with Crippen LogP contribution in [0.5, 0.6) is 0 Å². The van der Waals surface area contributed by atoms with E-state index < -0.39 is 28.3 Å². The Kier molecular flexibility index (Phi) is 5.17. The van der Waals surface area contributed by atoms with Gasteiger partial charge < -0.3 is 10.2 Å². The lowest BCUT2D eigenvalue weighted by Crippen LogP contribution is -2.45. The average Bonchev–Trinajstić information content (AvgIpc) is 3.43. The van der Waals surface area contributed by atoms with Gasteiger partial charge in [0.05, 0.1) is 10.5 Å². The van der Waals surface area contributed by atoms with Gasteiger partial charge in [-0.2, -0.15) is 13.2 Å². The van der Waals surface area contributed by atoms with Crippen LogP contribution in [0.25, 0.3) is 0 Å². The molecule has 2 aliphatic rings. The first-order chi connectivity index (χ1) is 12.3. The van der Waals surface area contributed by atoms with E-state index in [4.69, 9.17) is 0 Å². The number of benzene rings is 1. The number of nitrogens with zero attached hydrogens (tertiary/aromatic N) is 2. The molecule has 1 N–H and O–H groups in total. The molecule has 0 radical (unpaired) electrons. The number of nitro benzene ring substituents is 1. The lowest BCUT2D eigenvalue weighted by Gasteiger charge is -2.32. The molecule has 3 rings (SSSR count). The summed E-state index contributed by atoms with van der Waals surface area (Å²) in [6.07, 6.45) is -0.735. The molecule has 0 spiro atoms. The van der Waals surface area contributed by atoms with Crippen molar-refractivity contribution in [2.45, 2.75) is 37.9 Å². The molecule has 6 nitrogen and oxygen atoms in total. The maximum atomic E-state index is 12.8. The van der Waals surface area contributed by atoms with Crippen molar-refractivity contribution < 1.29 is 22.9 Å². The minimum Gasteiger partial charge on any atom is -0.338 e. The molecule has 1 aliphatic carbocycles. The summed E-state index contributed by atoms with van der Waals surface area (Å²) in [5.41, 5.74) is -2.24. The van der Waals surface area contributed by atoms with Crippen molar-refractivity contribution in [1.82, 2.24) is 10.2 Å². The van der Waals surface area contributed by atoms with Crippen molar-refractivity contribution in [3.63, 3.8) is 0 Å². The zero-order valence-electron chi connectivity index (χ0n) is 14.1. The molecule has 1 aromatic carbocycles. The molecule has 26 heavy (non-hydrogen) atoms. The maximum Gasteiger partial charge on any atom is 0.416 e. The zero-order valence-corrected chi connectivity index (χ0v) is 14.1. The highest BCUT2D eigenvalue weighted by molar-refractivity contribution is 5.98. The van der Waals surface area contributed by atoms with Crippen LogP contribution in [0.3, 0.4) is 0 Å². The largest absolute Gasteiger partial charge is 0.416 e. The van der Waals surface area contributed by atoms with E-state index >= 15 is 0 Å². The summed E-state index contributed by atoms with van der Waals surface area (Å²) >= 11 is 0. The number of carbonyl (C=O) groups excluding carboxylic acids is 1. The zero-order chi connectivity index (χ0) is 18.9. The van der Waals surface area contributed by atoms with Crippen molar-refractivity contribution in [2.24, 2.45) is 5.92 Å². The highest BCUT2D eigenvalue weighted by Crippen LogP contribution is 2.33. The second-order valence-electron chi connectivity index (χ2n) is 6.90. The van der Waals surface area contributed by atoms with E-state index in [1.165, 1.54) is 17.7 Å². The van der Waals surface area contributed by atoms with E-state index in [1.807, 2.05) is 0 Å². The van der Waals surface area contributed by atoms with Gasteiger partial charge in [0.25, 0.3) is 11.6 Å². The molecule has 1 aliphatic heterocycles. The third kappa shape index (κ3) is 4.32. The van der Waals surface area contributed by atoms with Crippen LogP contribution in [0.4, 0.5) is 18.9 Å². The number of piperidine rings is 1. The van der Waals surface area contributed by atoms with Gasteiger partial charge in [0.15, 0.2) is 0 Å². The van der Waals surface area contributed by atoms with E-state index in [-0.39, 0.29) is 5.56 Å². The first-order valence-electron chi connectivity index (χ1n) is 8.64. The molecule has 0 aromatic heterocycles. The number of nitro groups is 1. The molecular formula is C17H20F3N3O3. The standard InChI is InChI=1S/C17H20F3N3O3/c18-17(19,20)12-3-4-14(15(9-12)23(25)26)16(24)22-7-5-13(6-8-22)21-10-11-1-2-11/h3-4,9,11,13,21H,1-2,5-8,10H2. The number of hydrogen-bond acceptors (Lipinski definition) is 4. The molecule has 0 atom stereocenters. The van der Waals surface area contributed by atoms with Gasteiger partial charge >= 0.3 is 6.18 Å². The molecule has 1 amide bonds. The highest BCUT2D eigenvalue weighted by Gasteiger charge is 2.35. The fourth-order valence-electron chi connectivity index (χ4n) is 3.15. The van der Waals surface area contributed by atoms with Crippen LogP contribution in [0.2, 0.25) is 0 Å². The Morgan fingerprint density at radius 2 is 1.88 bits per heavy atom. The molecule has 1 saturated carbocycles. The van der Waals surface area contributed by atoms with Crippen LogP contribution in [0.15, 0.2) is 18.2 Å². The molecule has 2 fully saturated rings. The Morgan fingerprint density at radius 3 is 2.42 bits per heavy atom. The molecule has 0 bridgehead atoms. The van der Waals surface area contributed by atoms with Crippen molar-refractivity contribution >= 4 is 11.6 Å². The summed E-state index contributed by atoms with van der Waals surface area (Å²) < 4.78 is 38.3. The number of nitrogens with one attached hydrogen (secondary N) is 1. The lowest BCUT2D eigenvalue weighted by molar-refractivity contribution is -0.385. The second-order valence-corrected chi connectivity index (χ2v) is 6.90. The molecule has 1 saturated heterocycles. The second kappa shape index (κ2) is 7.22. The third-order valence-corrected chi connectivity index (χ3v) is 4.93. The minimum absolute atomic E-state index is 0.299. The van der Waals surface area contributed by atoms with Crippen LogP contribution in [0, 0.1) is 16.0 Å². The molecule has 9 heteroatoms. The van der Waals surface area contributed by atoms with Gasteiger partial charge in [-0.25, -0.2) is 0 Å². The van der Waals surface area contributed by atoms with Gasteiger partial charge in [-0.3, -0.25) is 14.9 Å². The van der Waals surface area contributed by atoms with Gasteiger partial charge in [0.1, 0.15) is 5.56 Å². The number of amides is 1. The fourth-order valence-corrected chi connectivity index (χ4v) is 3.15. The SMILES string of the molecule is O=C(c1ccc(C(F)(F)F)cc1[N+](=O)[O-])N1CCC(NCC2CC2)CC1. The summed E-state index contributed by atoms with van der Waals surface area (Å²) in [5, 5.41) is 14.6. The number of rotatable bonds is 5. The predicted molar refractivity (Wildman–Crippen MR) is 87.8 cm³/mol. The summed E-state index contributed by atoms with van der Waals surface area (Å²) in [6.45, 7) is 1.83. The van der Waals surface area contributed by atoms with Crippen LogP contribution >= 0.6 is 0 Å². The maximum absolute atomic E-state index is 12.8. The molecule has 1 aromatic rings. The average molecular weight is 371 g/mol. The fraction of sp³-hybridized carbons (Fsp3) is 0.588. The molecular weight excluding hydrogens is 351 g/mol. The Balaban J connectivity index is 1.68. The normalized spacial score (nSPS) is 18.8.